The highest BCUT2D eigenvalue weighted by atomic mass is 16.6. The van der Waals surface area contributed by atoms with Crippen LogP contribution in [0.4, 0.5) is 10.6 Å². The van der Waals surface area contributed by atoms with Crippen molar-refractivity contribution in [1.82, 2.24) is 24.4 Å². The molecule has 1 aliphatic heterocycles. The maximum atomic E-state index is 14.3. The van der Waals surface area contributed by atoms with Crippen LogP contribution < -0.4 is 15.3 Å². The van der Waals surface area contributed by atoms with E-state index in [-0.39, 0.29) is 18.1 Å². The fraction of sp³-hybridized carbons (Fsp3) is 0.472. The van der Waals surface area contributed by atoms with Gasteiger partial charge >= 0.3 is 11.8 Å². The molecule has 1 aliphatic carbocycles. The third-order valence-electron chi connectivity index (χ3n) is 8.73. The summed E-state index contributed by atoms with van der Waals surface area (Å²) in [5, 5.41) is 0.802. The van der Waals surface area contributed by atoms with Crippen molar-refractivity contribution in [2.75, 3.05) is 31.6 Å². The van der Waals surface area contributed by atoms with Crippen LogP contribution in [0.2, 0.25) is 0 Å². The lowest BCUT2D eigenvalue weighted by atomic mass is 9.99. The molecule has 242 valence electrons. The highest BCUT2D eigenvalue weighted by Crippen LogP contribution is 2.47. The lowest BCUT2D eigenvalue weighted by Gasteiger charge is -2.41. The molecule has 6 rings (SSSR count). The minimum absolute atomic E-state index is 0.0666. The summed E-state index contributed by atoms with van der Waals surface area (Å²) in [6, 6.07) is 11.9. The number of aromatic nitrogens is 4. The predicted molar refractivity (Wildman–Crippen MR) is 180 cm³/mol. The van der Waals surface area contributed by atoms with E-state index in [1.54, 1.807) is 22.8 Å². The number of para-hydroxylation sites is 1. The van der Waals surface area contributed by atoms with Crippen molar-refractivity contribution in [2.45, 2.75) is 84.8 Å². The number of fused-ring (bicyclic) bond motifs is 1. The third-order valence-corrected chi connectivity index (χ3v) is 8.73. The molecule has 10 heteroatoms. The summed E-state index contributed by atoms with van der Waals surface area (Å²) in [6.45, 7) is 15.2. The Morgan fingerprint density at radius 2 is 1.80 bits per heavy atom. The van der Waals surface area contributed by atoms with Crippen LogP contribution in [-0.2, 0) is 4.74 Å². The summed E-state index contributed by atoms with van der Waals surface area (Å²) in [5.74, 6) is 1.74. The zero-order valence-electron chi connectivity index (χ0n) is 28.1. The van der Waals surface area contributed by atoms with Crippen LogP contribution in [0.1, 0.15) is 83.0 Å². The van der Waals surface area contributed by atoms with E-state index in [1.165, 1.54) is 0 Å². The summed E-state index contributed by atoms with van der Waals surface area (Å²) in [6.07, 6.45) is 3.59. The third kappa shape index (κ3) is 5.92. The zero-order chi connectivity index (χ0) is 32.9. The highest BCUT2D eigenvalue weighted by molar-refractivity contribution is 5.92. The van der Waals surface area contributed by atoms with E-state index in [1.807, 2.05) is 58.0 Å². The van der Waals surface area contributed by atoms with Gasteiger partial charge in [-0.2, -0.15) is 4.98 Å². The second-order valence-corrected chi connectivity index (χ2v) is 13.8. The molecule has 46 heavy (non-hydrogen) atoms. The smallest absolute Gasteiger partial charge is 0.410 e. The Balaban J connectivity index is 1.59. The van der Waals surface area contributed by atoms with Crippen LogP contribution in [0, 0.1) is 6.92 Å². The van der Waals surface area contributed by atoms with Gasteiger partial charge in [0.15, 0.2) is 5.65 Å². The second kappa shape index (κ2) is 12.0. The van der Waals surface area contributed by atoms with Gasteiger partial charge in [0, 0.05) is 37.4 Å². The molecule has 2 fully saturated rings. The minimum atomic E-state index is -0.580. The van der Waals surface area contributed by atoms with E-state index in [2.05, 4.69) is 31.7 Å². The molecule has 1 amide bonds. The Hall–Kier alpha value is -4.47. The van der Waals surface area contributed by atoms with Gasteiger partial charge in [0.1, 0.15) is 17.2 Å². The number of hydrogen-bond donors (Lipinski definition) is 0. The zero-order valence-corrected chi connectivity index (χ0v) is 28.1. The van der Waals surface area contributed by atoms with Gasteiger partial charge in [0.2, 0.25) is 0 Å². The quantitative estimate of drug-likeness (QED) is 0.236. The number of nitrogens with zero attached hydrogens (tertiary/aromatic N) is 6. The Bertz CT molecular complexity index is 1860. The molecule has 0 bridgehead atoms. The SMILES string of the molecule is COc1ccccc1-c1nc2c(cc1C1CC1)c(N1CCN(C(=O)OC(C)(C)C)CC1C)nc(=O)n2-c1c(C)ccnc1C(C)C. The molecule has 10 nitrogen and oxygen atoms in total. The van der Waals surface area contributed by atoms with Crippen LogP contribution in [0.25, 0.3) is 28.0 Å². The van der Waals surface area contributed by atoms with Crippen LogP contribution >= 0.6 is 0 Å². The number of methoxy groups -OCH3 is 1. The number of amides is 1. The standard InChI is InChI=1S/C36H44N6O4/c1-21(2)29-31(22(3)15-16-37-29)42-33-27(19-26(24-13-14-24)30(38-33)25-11-9-10-12-28(25)45-8)32(39-34(42)43)41-18-17-40(20-23(41)4)35(44)46-36(5,6)7/h9-12,15-16,19,21,23-24H,13-14,17-18,20H2,1-8H3. The van der Waals surface area contributed by atoms with E-state index in [4.69, 9.17) is 24.4 Å². The van der Waals surface area contributed by atoms with Crippen LogP contribution in [0.3, 0.4) is 0 Å². The molecule has 0 spiro atoms. The number of carbonyl (C=O) groups is 1. The molecule has 1 aromatic carbocycles. The number of hydrogen-bond acceptors (Lipinski definition) is 8. The number of ether oxygens (including phenoxy) is 2. The van der Waals surface area contributed by atoms with Crippen molar-refractivity contribution in [3.8, 4) is 22.7 Å². The van der Waals surface area contributed by atoms with Crippen molar-refractivity contribution >= 4 is 22.9 Å². The van der Waals surface area contributed by atoms with Crippen molar-refractivity contribution in [3.63, 3.8) is 0 Å². The Morgan fingerprint density at radius 3 is 2.46 bits per heavy atom. The largest absolute Gasteiger partial charge is 0.496 e. The number of piperazine rings is 1. The number of benzene rings is 1. The van der Waals surface area contributed by atoms with E-state index in [0.29, 0.717) is 42.7 Å². The molecule has 1 unspecified atom stereocenters. The highest BCUT2D eigenvalue weighted by Gasteiger charge is 2.34. The molecule has 4 aromatic rings. The van der Waals surface area contributed by atoms with Crippen LogP contribution in [0.5, 0.6) is 5.75 Å². The van der Waals surface area contributed by atoms with Gasteiger partial charge in [-0.05, 0) is 94.7 Å². The number of carbonyl (C=O) groups excluding carboxylic acids is 1. The topological polar surface area (TPSA) is 103 Å². The first-order valence-corrected chi connectivity index (χ1v) is 16.2. The summed E-state index contributed by atoms with van der Waals surface area (Å²) in [4.78, 5) is 46.0. The predicted octanol–water partition coefficient (Wildman–Crippen LogP) is 6.61. The van der Waals surface area contributed by atoms with E-state index >= 15 is 0 Å². The number of pyridine rings is 2. The molecule has 1 saturated heterocycles. The molecule has 1 saturated carbocycles. The summed E-state index contributed by atoms with van der Waals surface area (Å²) < 4.78 is 13.1. The molecule has 1 atom stereocenters. The molecular formula is C36H44N6O4. The van der Waals surface area contributed by atoms with Crippen molar-refractivity contribution < 1.29 is 14.3 Å². The Kier molecular flexibility index (Phi) is 8.25. The van der Waals surface area contributed by atoms with E-state index in [0.717, 1.165) is 52.1 Å². The van der Waals surface area contributed by atoms with Gasteiger partial charge in [-0.1, -0.05) is 26.0 Å². The van der Waals surface area contributed by atoms with E-state index < -0.39 is 11.3 Å². The fourth-order valence-electron chi connectivity index (χ4n) is 6.38. The first-order valence-electron chi connectivity index (χ1n) is 16.2. The number of aryl methyl sites for hydroxylation is 1. The van der Waals surface area contributed by atoms with Crippen molar-refractivity contribution in [1.29, 1.82) is 0 Å². The maximum Gasteiger partial charge on any atom is 0.410 e. The molecule has 0 N–H and O–H groups in total. The van der Waals surface area contributed by atoms with Crippen LogP contribution in [-0.4, -0.2) is 68.9 Å². The van der Waals surface area contributed by atoms with Gasteiger partial charge < -0.3 is 19.3 Å². The monoisotopic (exact) mass is 624 g/mol. The lowest BCUT2D eigenvalue weighted by Crippen LogP contribution is -2.55. The second-order valence-electron chi connectivity index (χ2n) is 13.8. The van der Waals surface area contributed by atoms with E-state index in [9.17, 15) is 9.59 Å². The van der Waals surface area contributed by atoms with Gasteiger partial charge in [-0.15, -0.1) is 0 Å². The van der Waals surface area contributed by atoms with Crippen molar-refractivity contribution in [3.05, 3.63) is 69.9 Å². The molecule has 2 aliphatic rings. The summed E-state index contributed by atoms with van der Waals surface area (Å²) >= 11 is 0. The lowest BCUT2D eigenvalue weighted by molar-refractivity contribution is 0.0218. The average molecular weight is 625 g/mol. The minimum Gasteiger partial charge on any atom is -0.496 e. The Labute approximate surface area is 270 Å². The maximum absolute atomic E-state index is 14.3. The Morgan fingerprint density at radius 1 is 1.07 bits per heavy atom. The first-order chi connectivity index (χ1) is 21.9. The van der Waals surface area contributed by atoms with Gasteiger partial charge in [-0.25, -0.2) is 19.1 Å². The van der Waals surface area contributed by atoms with Crippen molar-refractivity contribution in [2.24, 2.45) is 0 Å². The number of anilines is 1. The average Bonchev–Trinajstić information content (AvgIpc) is 3.85. The first kappa shape index (κ1) is 31.5. The van der Waals surface area contributed by atoms with Gasteiger partial charge in [0.05, 0.1) is 29.6 Å². The number of rotatable bonds is 6. The molecule has 0 radical (unpaired) electrons. The molecule has 4 heterocycles. The molecule has 3 aromatic heterocycles. The van der Waals surface area contributed by atoms with Crippen LogP contribution in [0.15, 0.2) is 47.4 Å². The van der Waals surface area contributed by atoms with Gasteiger partial charge in [0.25, 0.3) is 0 Å². The van der Waals surface area contributed by atoms with Gasteiger partial charge in [-0.3, -0.25) is 4.98 Å². The normalized spacial score (nSPS) is 17.1. The molecular weight excluding hydrogens is 580 g/mol. The summed E-state index contributed by atoms with van der Waals surface area (Å²) in [7, 11) is 1.67. The fourth-order valence-corrected chi connectivity index (χ4v) is 6.38. The summed E-state index contributed by atoms with van der Waals surface area (Å²) in [5.41, 5.74) is 4.80.